The Kier molecular flexibility index (Phi) is 5.12. The Morgan fingerprint density at radius 1 is 1.30 bits per heavy atom. The largest absolute Gasteiger partial charge is 0.451 e. The van der Waals surface area contributed by atoms with Crippen LogP contribution in [-0.2, 0) is 11.0 Å². The van der Waals surface area contributed by atoms with Gasteiger partial charge in [-0.15, -0.1) is 0 Å². The number of alkyl halides is 3. The number of rotatable bonds is 5. The molecule has 0 aliphatic heterocycles. The number of carbonyl (C=O) groups excluding carboxylic acids is 1. The molecular formula is C11H16F3N5O. The molecule has 0 spiro atoms. The van der Waals surface area contributed by atoms with Gasteiger partial charge in [-0.1, -0.05) is 0 Å². The maximum absolute atomic E-state index is 12.6. The zero-order valence-corrected chi connectivity index (χ0v) is 11.4. The molecule has 0 aliphatic rings. The SMILES string of the molecule is CNc1cc(NCCC(=O)N(C)C)nc(C(F)(F)F)n1. The summed E-state index contributed by atoms with van der Waals surface area (Å²) in [6.07, 6.45) is -4.46. The molecule has 0 aromatic carbocycles. The molecule has 20 heavy (non-hydrogen) atoms. The number of nitrogens with one attached hydrogen (secondary N) is 2. The van der Waals surface area contributed by atoms with E-state index in [1.54, 1.807) is 14.1 Å². The molecule has 0 aliphatic carbocycles. The van der Waals surface area contributed by atoms with Crippen molar-refractivity contribution in [1.29, 1.82) is 0 Å². The third-order valence-corrected chi connectivity index (χ3v) is 2.38. The van der Waals surface area contributed by atoms with Crippen molar-refractivity contribution in [2.75, 3.05) is 38.3 Å². The van der Waals surface area contributed by atoms with E-state index in [4.69, 9.17) is 0 Å². The number of amides is 1. The van der Waals surface area contributed by atoms with Crippen LogP contribution in [0.2, 0.25) is 0 Å². The molecule has 9 heteroatoms. The molecule has 1 heterocycles. The van der Waals surface area contributed by atoms with Crippen LogP contribution in [0.3, 0.4) is 0 Å². The highest BCUT2D eigenvalue weighted by Gasteiger charge is 2.35. The average Bonchev–Trinajstić information content (AvgIpc) is 2.37. The van der Waals surface area contributed by atoms with Gasteiger partial charge in [-0.05, 0) is 0 Å². The first kappa shape index (κ1) is 16.0. The van der Waals surface area contributed by atoms with Crippen LogP contribution in [0.25, 0.3) is 0 Å². The van der Waals surface area contributed by atoms with E-state index in [1.165, 1.54) is 18.0 Å². The minimum absolute atomic E-state index is 0.0169. The van der Waals surface area contributed by atoms with Crippen molar-refractivity contribution in [3.63, 3.8) is 0 Å². The van der Waals surface area contributed by atoms with Crippen LogP contribution in [-0.4, -0.2) is 48.5 Å². The van der Waals surface area contributed by atoms with Crippen molar-refractivity contribution >= 4 is 17.5 Å². The summed E-state index contributed by atoms with van der Waals surface area (Å²) in [6, 6.07) is 1.34. The molecule has 0 saturated heterocycles. The highest BCUT2D eigenvalue weighted by Crippen LogP contribution is 2.28. The molecule has 112 valence electrons. The Balaban J connectivity index is 2.77. The highest BCUT2D eigenvalue weighted by molar-refractivity contribution is 5.76. The number of hydrogen-bond donors (Lipinski definition) is 2. The Morgan fingerprint density at radius 3 is 2.40 bits per heavy atom. The molecule has 0 saturated carbocycles. The van der Waals surface area contributed by atoms with E-state index >= 15 is 0 Å². The summed E-state index contributed by atoms with van der Waals surface area (Å²) in [5, 5.41) is 5.21. The Morgan fingerprint density at radius 2 is 1.90 bits per heavy atom. The van der Waals surface area contributed by atoms with E-state index in [9.17, 15) is 18.0 Å². The monoisotopic (exact) mass is 291 g/mol. The van der Waals surface area contributed by atoms with Crippen molar-refractivity contribution in [2.45, 2.75) is 12.6 Å². The fourth-order valence-corrected chi connectivity index (χ4v) is 1.31. The first-order valence-electron chi connectivity index (χ1n) is 5.82. The minimum atomic E-state index is -4.62. The predicted molar refractivity (Wildman–Crippen MR) is 68.4 cm³/mol. The second kappa shape index (κ2) is 6.40. The second-order valence-corrected chi connectivity index (χ2v) is 4.17. The first-order valence-corrected chi connectivity index (χ1v) is 5.82. The van der Waals surface area contributed by atoms with Crippen LogP contribution in [0.4, 0.5) is 24.8 Å². The third kappa shape index (κ3) is 4.56. The van der Waals surface area contributed by atoms with E-state index in [2.05, 4.69) is 20.6 Å². The van der Waals surface area contributed by atoms with Crippen LogP contribution >= 0.6 is 0 Å². The van der Waals surface area contributed by atoms with Gasteiger partial charge in [0.1, 0.15) is 11.6 Å². The van der Waals surface area contributed by atoms with Gasteiger partial charge in [-0.2, -0.15) is 13.2 Å². The summed E-state index contributed by atoms with van der Waals surface area (Å²) in [6.45, 7) is 0.189. The van der Waals surface area contributed by atoms with Crippen molar-refractivity contribution in [2.24, 2.45) is 0 Å². The quantitative estimate of drug-likeness (QED) is 0.859. The van der Waals surface area contributed by atoms with Gasteiger partial charge in [0.15, 0.2) is 0 Å². The van der Waals surface area contributed by atoms with Crippen LogP contribution < -0.4 is 10.6 Å². The molecule has 0 fully saturated rings. The topological polar surface area (TPSA) is 70.2 Å². The standard InChI is InChI=1S/C11H16F3N5O/c1-15-7-6-8(16-5-4-9(20)19(2)3)18-10(17-7)11(12,13)14/h6H,4-5H2,1-3H3,(H2,15,16,17,18). The lowest BCUT2D eigenvalue weighted by Crippen LogP contribution is -2.24. The Hall–Kier alpha value is -2.06. The number of aromatic nitrogens is 2. The van der Waals surface area contributed by atoms with Gasteiger partial charge in [0.05, 0.1) is 0 Å². The predicted octanol–water partition coefficient (Wildman–Crippen LogP) is 1.43. The average molecular weight is 291 g/mol. The maximum Gasteiger partial charge on any atom is 0.451 e. The lowest BCUT2D eigenvalue weighted by molar-refractivity contribution is -0.144. The summed E-state index contributed by atoms with van der Waals surface area (Å²) in [5.74, 6) is -1.29. The van der Waals surface area contributed by atoms with Gasteiger partial charge in [0.2, 0.25) is 11.7 Å². The third-order valence-electron chi connectivity index (χ3n) is 2.38. The molecule has 1 aromatic rings. The van der Waals surface area contributed by atoms with Crippen LogP contribution in [0, 0.1) is 0 Å². The number of nitrogens with zero attached hydrogens (tertiary/aromatic N) is 3. The van der Waals surface area contributed by atoms with Gasteiger partial charge in [0, 0.05) is 40.2 Å². The van der Waals surface area contributed by atoms with E-state index in [1.807, 2.05) is 0 Å². The molecule has 6 nitrogen and oxygen atoms in total. The lowest BCUT2D eigenvalue weighted by atomic mass is 10.3. The normalized spacial score (nSPS) is 11.1. The molecule has 0 bridgehead atoms. The number of halogens is 3. The number of hydrogen-bond acceptors (Lipinski definition) is 5. The van der Waals surface area contributed by atoms with Crippen LogP contribution in [0.1, 0.15) is 12.2 Å². The number of carbonyl (C=O) groups is 1. The van der Waals surface area contributed by atoms with E-state index in [0.717, 1.165) is 0 Å². The van der Waals surface area contributed by atoms with Crippen molar-refractivity contribution in [1.82, 2.24) is 14.9 Å². The summed E-state index contributed by atoms with van der Waals surface area (Å²) >= 11 is 0. The molecule has 0 atom stereocenters. The van der Waals surface area contributed by atoms with Crippen molar-refractivity contribution in [3.8, 4) is 0 Å². The molecule has 0 radical (unpaired) electrons. The zero-order chi connectivity index (χ0) is 15.3. The fourth-order valence-electron chi connectivity index (χ4n) is 1.31. The lowest BCUT2D eigenvalue weighted by Gasteiger charge is -2.13. The summed E-state index contributed by atoms with van der Waals surface area (Å²) in [7, 11) is 4.67. The summed E-state index contributed by atoms with van der Waals surface area (Å²) < 4.78 is 37.8. The van der Waals surface area contributed by atoms with E-state index in [-0.39, 0.29) is 30.5 Å². The molecular weight excluding hydrogens is 275 g/mol. The maximum atomic E-state index is 12.6. The van der Waals surface area contributed by atoms with E-state index in [0.29, 0.717) is 0 Å². The Bertz CT molecular complexity index is 476. The highest BCUT2D eigenvalue weighted by atomic mass is 19.4. The zero-order valence-electron chi connectivity index (χ0n) is 11.4. The summed E-state index contributed by atoms with van der Waals surface area (Å²) in [4.78, 5) is 19.5. The second-order valence-electron chi connectivity index (χ2n) is 4.17. The van der Waals surface area contributed by atoms with Gasteiger partial charge >= 0.3 is 6.18 Å². The Labute approximate surface area is 114 Å². The van der Waals surface area contributed by atoms with Crippen LogP contribution in [0.5, 0.6) is 0 Å². The molecule has 1 amide bonds. The van der Waals surface area contributed by atoms with Gasteiger partial charge in [0.25, 0.3) is 0 Å². The van der Waals surface area contributed by atoms with Gasteiger partial charge < -0.3 is 15.5 Å². The van der Waals surface area contributed by atoms with Crippen molar-refractivity contribution < 1.29 is 18.0 Å². The number of anilines is 2. The van der Waals surface area contributed by atoms with Gasteiger partial charge in [-0.25, -0.2) is 9.97 Å². The minimum Gasteiger partial charge on any atom is -0.373 e. The molecule has 1 aromatic heterocycles. The van der Waals surface area contributed by atoms with Crippen LogP contribution in [0.15, 0.2) is 6.07 Å². The fraction of sp³-hybridized carbons (Fsp3) is 0.545. The smallest absolute Gasteiger partial charge is 0.373 e. The molecule has 2 N–H and O–H groups in total. The summed E-state index contributed by atoms with van der Waals surface area (Å²) in [5.41, 5.74) is 0. The van der Waals surface area contributed by atoms with Crippen molar-refractivity contribution in [3.05, 3.63) is 11.9 Å². The molecule has 0 unspecified atom stereocenters. The first-order chi connectivity index (χ1) is 9.24. The van der Waals surface area contributed by atoms with Gasteiger partial charge in [-0.3, -0.25) is 4.79 Å². The molecule has 1 rings (SSSR count). The van der Waals surface area contributed by atoms with E-state index < -0.39 is 12.0 Å².